The third-order valence-corrected chi connectivity index (χ3v) is 5.90. The maximum Gasteiger partial charge on any atom is 0.210 e. The van der Waals surface area contributed by atoms with Gasteiger partial charge in [0.25, 0.3) is 0 Å². The minimum atomic E-state index is -0.590. The Hall–Kier alpha value is -2.29. The van der Waals surface area contributed by atoms with Crippen molar-refractivity contribution in [2.45, 2.75) is 24.3 Å². The Balaban J connectivity index is 1.45. The van der Waals surface area contributed by atoms with E-state index in [1.165, 1.54) is 23.1 Å². The molecular formula is C20H23N3O3S2. The number of aromatic nitrogens is 2. The molecular weight excluding hydrogens is 394 g/mol. The number of thioether (sulfide) groups is 1. The van der Waals surface area contributed by atoms with Crippen molar-refractivity contribution in [3.63, 3.8) is 0 Å². The quantitative estimate of drug-likeness (QED) is 0.499. The van der Waals surface area contributed by atoms with Crippen LogP contribution in [0.5, 0.6) is 11.5 Å². The van der Waals surface area contributed by atoms with E-state index in [0.29, 0.717) is 10.9 Å². The second-order valence-corrected chi connectivity index (χ2v) is 8.57. The molecule has 1 atom stereocenters. The topological polar surface area (TPSA) is 76.5 Å². The number of hydrogen-bond acceptors (Lipinski definition) is 8. The molecule has 6 nitrogen and oxygen atoms in total. The predicted molar refractivity (Wildman–Crippen MR) is 114 cm³/mol. The van der Waals surface area contributed by atoms with Crippen molar-refractivity contribution in [3.8, 4) is 11.5 Å². The van der Waals surface area contributed by atoms with Crippen LogP contribution in [0.4, 0.5) is 10.8 Å². The van der Waals surface area contributed by atoms with E-state index in [-0.39, 0.29) is 6.61 Å². The van der Waals surface area contributed by atoms with E-state index in [9.17, 15) is 5.11 Å². The monoisotopic (exact) mass is 417 g/mol. The number of anilines is 2. The molecule has 0 radical (unpaired) electrons. The zero-order valence-electron chi connectivity index (χ0n) is 16.0. The van der Waals surface area contributed by atoms with Crippen LogP contribution in [0.3, 0.4) is 0 Å². The molecule has 2 N–H and O–H groups in total. The van der Waals surface area contributed by atoms with Gasteiger partial charge in [-0.05, 0) is 61.4 Å². The van der Waals surface area contributed by atoms with Crippen LogP contribution in [-0.4, -0.2) is 40.9 Å². The SMILES string of the molecule is COc1ccc(Nc2nnc(SC[C@H](O)COc3cc(C)cc(C)c3)s2)cc1. The van der Waals surface area contributed by atoms with E-state index < -0.39 is 6.10 Å². The lowest BCUT2D eigenvalue weighted by Crippen LogP contribution is -2.20. The van der Waals surface area contributed by atoms with Crippen LogP contribution in [0.2, 0.25) is 0 Å². The highest BCUT2D eigenvalue weighted by atomic mass is 32.2. The second kappa shape index (κ2) is 9.77. The Bertz CT molecular complexity index is 880. The van der Waals surface area contributed by atoms with Gasteiger partial charge < -0.3 is 19.9 Å². The standard InChI is InChI=1S/C20H23N3O3S2/c1-13-8-14(2)10-18(9-13)26-11-16(24)12-27-20-23-22-19(28-20)21-15-4-6-17(25-3)7-5-15/h4-10,16,24H,11-12H2,1-3H3,(H,21,22)/t16-/m1/s1. The van der Waals surface area contributed by atoms with Gasteiger partial charge in [-0.15, -0.1) is 10.2 Å². The van der Waals surface area contributed by atoms with Gasteiger partial charge in [-0.2, -0.15) is 0 Å². The molecule has 3 aromatic rings. The molecule has 0 saturated heterocycles. The summed E-state index contributed by atoms with van der Waals surface area (Å²) in [6.07, 6.45) is -0.590. The number of benzene rings is 2. The molecule has 3 rings (SSSR count). The van der Waals surface area contributed by atoms with E-state index >= 15 is 0 Å². The Morgan fingerprint density at radius 2 is 1.79 bits per heavy atom. The smallest absolute Gasteiger partial charge is 0.210 e. The predicted octanol–water partition coefficient (Wildman–Crippen LogP) is 4.44. The lowest BCUT2D eigenvalue weighted by Gasteiger charge is -2.12. The van der Waals surface area contributed by atoms with Crippen LogP contribution in [0, 0.1) is 13.8 Å². The van der Waals surface area contributed by atoms with Crippen LogP contribution in [-0.2, 0) is 0 Å². The summed E-state index contributed by atoms with van der Waals surface area (Å²) in [4.78, 5) is 0. The summed E-state index contributed by atoms with van der Waals surface area (Å²) in [5, 5.41) is 22.4. The minimum absolute atomic E-state index is 0.242. The molecule has 0 aliphatic rings. The molecule has 1 aromatic heterocycles. The lowest BCUT2D eigenvalue weighted by molar-refractivity contribution is 0.126. The van der Waals surface area contributed by atoms with Crippen LogP contribution in [0.15, 0.2) is 46.8 Å². The van der Waals surface area contributed by atoms with Crippen molar-refractivity contribution < 1.29 is 14.6 Å². The Labute approximate surface area is 172 Å². The molecule has 0 amide bonds. The van der Waals surface area contributed by atoms with E-state index in [4.69, 9.17) is 9.47 Å². The number of ether oxygens (including phenoxy) is 2. The number of rotatable bonds is 9. The number of aliphatic hydroxyl groups is 1. The Morgan fingerprint density at radius 1 is 1.07 bits per heavy atom. The molecule has 0 bridgehead atoms. The third kappa shape index (κ3) is 6.12. The zero-order valence-corrected chi connectivity index (χ0v) is 17.6. The molecule has 0 saturated carbocycles. The molecule has 2 aromatic carbocycles. The number of aliphatic hydroxyl groups excluding tert-OH is 1. The summed E-state index contributed by atoms with van der Waals surface area (Å²) in [6, 6.07) is 13.6. The molecule has 0 spiro atoms. The fourth-order valence-corrected chi connectivity index (χ4v) is 4.24. The number of nitrogens with zero attached hydrogens (tertiary/aromatic N) is 2. The first kappa shape index (κ1) is 20.4. The van der Waals surface area contributed by atoms with Gasteiger partial charge in [-0.1, -0.05) is 29.2 Å². The summed E-state index contributed by atoms with van der Waals surface area (Å²) in [6.45, 7) is 4.30. The number of methoxy groups -OCH3 is 1. The largest absolute Gasteiger partial charge is 0.497 e. The number of nitrogens with one attached hydrogen (secondary N) is 1. The molecule has 8 heteroatoms. The maximum absolute atomic E-state index is 10.2. The van der Waals surface area contributed by atoms with Crippen molar-refractivity contribution in [2.75, 3.05) is 24.8 Å². The van der Waals surface area contributed by atoms with Gasteiger partial charge in [-0.3, -0.25) is 0 Å². The molecule has 1 heterocycles. The average Bonchev–Trinajstić information content (AvgIpc) is 3.12. The number of hydrogen-bond donors (Lipinski definition) is 2. The third-order valence-electron chi connectivity index (χ3n) is 3.78. The lowest BCUT2D eigenvalue weighted by atomic mass is 10.1. The van der Waals surface area contributed by atoms with Gasteiger partial charge in [0.15, 0.2) is 4.34 Å². The summed E-state index contributed by atoms with van der Waals surface area (Å²) < 4.78 is 11.6. The summed E-state index contributed by atoms with van der Waals surface area (Å²) in [5.41, 5.74) is 3.20. The highest BCUT2D eigenvalue weighted by Gasteiger charge is 2.11. The molecule has 28 heavy (non-hydrogen) atoms. The first-order chi connectivity index (χ1) is 13.5. The zero-order chi connectivity index (χ0) is 19.9. The van der Waals surface area contributed by atoms with Crippen molar-refractivity contribution in [2.24, 2.45) is 0 Å². The molecule has 0 aliphatic carbocycles. The highest BCUT2D eigenvalue weighted by molar-refractivity contribution is 8.01. The minimum Gasteiger partial charge on any atom is -0.497 e. The normalized spacial score (nSPS) is 11.9. The van der Waals surface area contributed by atoms with Crippen LogP contribution in [0.25, 0.3) is 0 Å². The van der Waals surface area contributed by atoms with E-state index in [1.54, 1.807) is 7.11 Å². The summed E-state index contributed by atoms with van der Waals surface area (Å²) in [7, 11) is 1.64. The van der Waals surface area contributed by atoms with Crippen molar-refractivity contribution in [3.05, 3.63) is 53.6 Å². The molecule has 0 aliphatic heterocycles. The molecule has 0 unspecified atom stereocenters. The van der Waals surface area contributed by atoms with Crippen molar-refractivity contribution >= 4 is 33.9 Å². The Kier molecular flexibility index (Phi) is 7.13. The number of aryl methyl sites for hydroxylation is 2. The second-order valence-electron chi connectivity index (χ2n) is 6.33. The van der Waals surface area contributed by atoms with E-state index in [0.717, 1.165) is 32.7 Å². The molecule has 0 fully saturated rings. The van der Waals surface area contributed by atoms with E-state index in [2.05, 4.69) is 21.6 Å². The van der Waals surface area contributed by atoms with Gasteiger partial charge in [0, 0.05) is 11.4 Å². The van der Waals surface area contributed by atoms with Gasteiger partial charge in [0.1, 0.15) is 18.1 Å². The van der Waals surface area contributed by atoms with E-state index in [1.807, 2.05) is 50.2 Å². The van der Waals surface area contributed by atoms with Crippen molar-refractivity contribution in [1.82, 2.24) is 10.2 Å². The first-order valence-corrected chi connectivity index (χ1v) is 10.6. The van der Waals surface area contributed by atoms with Gasteiger partial charge in [-0.25, -0.2) is 0 Å². The Morgan fingerprint density at radius 3 is 2.46 bits per heavy atom. The van der Waals surface area contributed by atoms with Crippen molar-refractivity contribution in [1.29, 1.82) is 0 Å². The van der Waals surface area contributed by atoms with Crippen LogP contribution < -0.4 is 14.8 Å². The summed E-state index contributed by atoms with van der Waals surface area (Å²) in [5.74, 6) is 2.07. The highest BCUT2D eigenvalue weighted by Crippen LogP contribution is 2.28. The fourth-order valence-electron chi connectivity index (χ4n) is 2.54. The average molecular weight is 418 g/mol. The fraction of sp³-hybridized carbons (Fsp3) is 0.300. The van der Waals surface area contributed by atoms with Gasteiger partial charge in [0.05, 0.1) is 13.2 Å². The first-order valence-electron chi connectivity index (χ1n) is 8.78. The summed E-state index contributed by atoms with van der Waals surface area (Å²) >= 11 is 2.91. The molecule has 148 valence electrons. The van der Waals surface area contributed by atoms with Gasteiger partial charge >= 0.3 is 0 Å². The maximum atomic E-state index is 10.2. The van der Waals surface area contributed by atoms with Crippen LogP contribution >= 0.6 is 23.1 Å². The van der Waals surface area contributed by atoms with Gasteiger partial charge in [0.2, 0.25) is 5.13 Å². The van der Waals surface area contributed by atoms with Crippen LogP contribution in [0.1, 0.15) is 11.1 Å².